The van der Waals surface area contributed by atoms with E-state index in [1.54, 1.807) is 18.3 Å². The number of aromatic nitrogens is 1. The van der Waals surface area contributed by atoms with E-state index in [-0.39, 0.29) is 5.78 Å². The topological polar surface area (TPSA) is 68.5 Å². The monoisotopic (exact) mass is 247 g/mol. The lowest BCUT2D eigenvalue weighted by Crippen LogP contribution is -2.23. The molecule has 2 heterocycles. The molecule has 0 amide bonds. The van der Waals surface area contributed by atoms with Crippen LogP contribution in [-0.2, 0) is 4.79 Å². The van der Waals surface area contributed by atoms with Gasteiger partial charge in [-0.25, -0.2) is 0 Å². The molecule has 1 aromatic rings. The number of allylic oxidation sites excluding steroid dienone is 1. The van der Waals surface area contributed by atoms with Gasteiger partial charge in [-0.15, -0.1) is 5.06 Å². The van der Waals surface area contributed by atoms with Gasteiger partial charge < -0.3 is 10.6 Å². The molecule has 0 aromatic carbocycles. The number of hydrogen-bond donors (Lipinski definition) is 1. The summed E-state index contributed by atoms with van der Waals surface area (Å²) in [5.74, 6) is 0.582. The van der Waals surface area contributed by atoms with E-state index in [0.29, 0.717) is 17.0 Å². The molecular formula is C13H17N3O2. The Morgan fingerprint density at radius 2 is 2.17 bits per heavy atom. The van der Waals surface area contributed by atoms with Gasteiger partial charge in [-0.2, -0.15) is 0 Å². The van der Waals surface area contributed by atoms with E-state index >= 15 is 0 Å². The number of hydroxylamine groups is 2. The van der Waals surface area contributed by atoms with Crippen molar-refractivity contribution in [1.82, 2.24) is 10.0 Å². The van der Waals surface area contributed by atoms with Gasteiger partial charge >= 0.3 is 0 Å². The van der Waals surface area contributed by atoms with Crippen LogP contribution in [0.15, 0.2) is 24.5 Å². The molecule has 0 radical (unpaired) electrons. The molecule has 0 saturated carbocycles. The van der Waals surface area contributed by atoms with E-state index in [1.165, 1.54) is 13.1 Å². The fraction of sp³-hybridized carbons (Fsp3) is 0.385. The largest absolute Gasteiger partial charge is 0.404 e. The number of nitrogens with zero attached hydrogens (tertiary/aromatic N) is 2. The summed E-state index contributed by atoms with van der Waals surface area (Å²) in [6.07, 6.45) is 5.22. The van der Waals surface area contributed by atoms with Crippen LogP contribution in [0.2, 0.25) is 0 Å². The van der Waals surface area contributed by atoms with Crippen molar-refractivity contribution in [3.63, 3.8) is 0 Å². The minimum absolute atomic E-state index is 0.0989. The van der Waals surface area contributed by atoms with Crippen molar-refractivity contribution in [3.05, 3.63) is 30.2 Å². The summed E-state index contributed by atoms with van der Waals surface area (Å²) in [6.45, 7) is 3.36. The number of carbonyl (C=O) groups is 1. The Morgan fingerprint density at radius 3 is 2.67 bits per heavy atom. The van der Waals surface area contributed by atoms with Gasteiger partial charge in [0.1, 0.15) is 0 Å². The summed E-state index contributed by atoms with van der Waals surface area (Å²) in [4.78, 5) is 21.1. The zero-order valence-corrected chi connectivity index (χ0v) is 10.4. The summed E-state index contributed by atoms with van der Waals surface area (Å²) < 4.78 is 0. The number of hydrogen-bond acceptors (Lipinski definition) is 5. The van der Waals surface area contributed by atoms with Crippen molar-refractivity contribution in [2.45, 2.75) is 19.8 Å². The van der Waals surface area contributed by atoms with Crippen LogP contribution >= 0.6 is 0 Å². The highest BCUT2D eigenvalue weighted by Crippen LogP contribution is 2.18. The first kappa shape index (κ1) is 12.6. The van der Waals surface area contributed by atoms with E-state index in [4.69, 9.17) is 10.6 Å². The van der Waals surface area contributed by atoms with Crippen molar-refractivity contribution < 1.29 is 9.63 Å². The quantitative estimate of drug-likeness (QED) is 0.814. The Balaban J connectivity index is 2.07. The summed E-state index contributed by atoms with van der Waals surface area (Å²) in [5, 5.41) is 1.92. The Labute approximate surface area is 106 Å². The predicted octanol–water partition coefficient (Wildman–Crippen LogP) is 1.36. The normalized spacial score (nSPS) is 16.8. The Bertz CT molecular complexity index is 448. The second kappa shape index (κ2) is 5.64. The highest BCUT2D eigenvalue weighted by molar-refractivity contribution is 6.18. The molecule has 0 bridgehead atoms. The van der Waals surface area contributed by atoms with E-state index in [9.17, 15) is 4.79 Å². The van der Waals surface area contributed by atoms with Crippen molar-refractivity contribution in [2.75, 3.05) is 13.1 Å². The van der Waals surface area contributed by atoms with Crippen molar-refractivity contribution >= 4 is 11.4 Å². The third-order valence-electron chi connectivity index (χ3n) is 2.86. The minimum Gasteiger partial charge on any atom is -0.404 e. The van der Waals surface area contributed by atoms with Crippen molar-refractivity contribution in [3.8, 4) is 5.75 Å². The number of ketones is 1. The maximum absolute atomic E-state index is 11.3. The lowest BCUT2D eigenvalue weighted by molar-refractivity contribution is -0.111. The molecule has 96 valence electrons. The van der Waals surface area contributed by atoms with Gasteiger partial charge in [-0.05, 0) is 31.9 Å². The van der Waals surface area contributed by atoms with Gasteiger partial charge in [0.25, 0.3) is 0 Å². The number of nitrogens with two attached hydrogens (primary N) is 1. The lowest BCUT2D eigenvalue weighted by Gasteiger charge is -2.15. The van der Waals surface area contributed by atoms with Crippen LogP contribution in [0.1, 0.15) is 25.5 Å². The molecule has 1 aliphatic heterocycles. The molecule has 0 unspecified atom stereocenters. The summed E-state index contributed by atoms with van der Waals surface area (Å²) in [5.41, 5.74) is 6.40. The van der Waals surface area contributed by atoms with Gasteiger partial charge in [0.05, 0.1) is 17.5 Å². The first-order valence-electron chi connectivity index (χ1n) is 6.03. The maximum Gasteiger partial charge on any atom is 0.165 e. The number of Topliss-reactive ketones (excluding diaryl/α,β-unsaturated/α-hetero) is 1. The second-order valence-electron chi connectivity index (χ2n) is 4.24. The van der Waals surface area contributed by atoms with Crippen molar-refractivity contribution in [2.24, 2.45) is 5.73 Å². The standard InChI is InChI=1S/C13H17N3O2/c1-10(17)12(8-14)13-5-4-11(9-15-13)18-16-6-2-3-7-16/h4-5,8-9H,2-3,6-7,14H2,1H3. The molecule has 1 aliphatic rings. The first-order chi connectivity index (χ1) is 8.70. The zero-order chi connectivity index (χ0) is 13.0. The third-order valence-corrected chi connectivity index (χ3v) is 2.86. The van der Waals surface area contributed by atoms with Gasteiger partial charge in [0, 0.05) is 19.3 Å². The van der Waals surface area contributed by atoms with E-state index in [0.717, 1.165) is 25.9 Å². The van der Waals surface area contributed by atoms with Crippen LogP contribution in [0.5, 0.6) is 5.75 Å². The van der Waals surface area contributed by atoms with E-state index < -0.39 is 0 Å². The Morgan fingerprint density at radius 1 is 1.44 bits per heavy atom. The number of pyridine rings is 1. The van der Waals surface area contributed by atoms with Crippen LogP contribution in [-0.4, -0.2) is 28.9 Å². The molecule has 0 aliphatic carbocycles. The maximum atomic E-state index is 11.3. The lowest BCUT2D eigenvalue weighted by atomic mass is 10.1. The van der Waals surface area contributed by atoms with Gasteiger partial charge in [0.2, 0.25) is 0 Å². The van der Waals surface area contributed by atoms with Crippen LogP contribution in [0, 0.1) is 0 Å². The Hall–Kier alpha value is -1.88. The van der Waals surface area contributed by atoms with Gasteiger partial charge in [-0.3, -0.25) is 9.78 Å². The van der Waals surface area contributed by atoms with Crippen molar-refractivity contribution in [1.29, 1.82) is 0 Å². The molecule has 0 spiro atoms. The fourth-order valence-corrected chi connectivity index (χ4v) is 1.91. The third kappa shape index (κ3) is 2.87. The SMILES string of the molecule is CC(=O)C(=CN)c1ccc(ON2CCCC2)cn1. The molecule has 2 rings (SSSR count). The molecule has 1 aromatic heterocycles. The minimum atomic E-state index is -0.0989. The Kier molecular flexibility index (Phi) is 3.94. The highest BCUT2D eigenvalue weighted by Gasteiger charge is 2.14. The molecular weight excluding hydrogens is 230 g/mol. The average Bonchev–Trinajstić information content (AvgIpc) is 2.84. The molecule has 5 heteroatoms. The summed E-state index contributed by atoms with van der Waals surface area (Å²) in [7, 11) is 0. The van der Waals surface area contributed by atoms with Crippen LogP contribution < -0.4 is 10.6 Å². The smallest absolute Gasteiger partial charge is 0.165 e. The first-order valence-corrected chi connectivity index (χ1v) is 6.03. The predicted molar refractivity (Wildman–Crippen MR) is 68.5 cm³/mol. The molecule has 5 nitrogen and oxygen atoms in total. The zero-order valence-electron chi connectivity index (χ0n) is 10.4. The number of carbonyl (C=O) groups excluding carboxylic acids is 1. The molecule has 1 saturated heterocycles. The summed E-state index contributed by atoms with van der Waals surface area (Å²) >= 11 is 0. The average molecular weight is 247 g/mol. The van der Waals surface area contributed by atoms with Gasteiger partial charge in [-0.1, -0.05) is 0 Å². The molecule has 18 heavy (non-hydrogen) atoms. The summed E-state index contributed by atoms with van der Waals surface area (Å²) in [6, 6.07) is 3.54. The van der Waals surface area contributed by atoms with Crippen LogP contribution in [0.4, 0.5) is 0 Å². The molecule has 2 N–H and O–H groups in total. The molecule has 0 atom stereocenters. The van der Waals surface area contributed by atoms with E-state index in [2.05, 4.69) is 4.98 Å². The highest BCUT2D eigenvalue weighted by atomic mass is 16.7. The second-order valence-corrected chi connectivity index (χ2v) is 4.24. The van der Waals surface area contributed by atoms with Crippen LogP contribution in [0.3, 0.4) is 0 Å². The number of rotatable bonds is 4. The fourth-order valence-electron chi connectivity index (χ4n) is 1.91. The van der Waals surface area contributed by atoms with Crippen LogP contribution in [0.25, 0.3) is 5.57 Å². The van der Waals surface area contributed by atoms with E-state index in [1.807, 2.05) is 5.06 Å². The van der Waals surface area contributed by atoms with Gasteiger partial charge in [0.15, 0.2) is 11.5 Å². The molecule has 1 fully saturated rings.